The maximum atomic E-state index is 12.2. The van der Waals surface area contributed by atoms with Crippen LogP contribution >= 0.6 is 0 Å². The van der Waals surface area contributed by atoms with Gasteiger partial charge in [0.25, 0.3) is 5.69 Å². The summed E-state index contributed by atoms with van der Waals surface area (Å²) in [6.07, 6.45) is 0. The Balaban J connectivity index is 2.01. The lowest BCUT2D eigenvalue weighted by Crippen LogP contribution is -2.34. The maximum Gasteiger partial charge on any atom is 0.289 e. The molecule has 0 saturated heterocycles. The molecule has 140 valence electrons. The SMILES string of the molecule is Cc1ccc(S(=O)(=O)NCCNS(=O)(=O)c2ccccc2[N+](=O)[O-])cc1. The molecule has 2 N–H and O–H groups in total. The van der Waals surface area contributed by atoms with E-state index in [-0.39, 0.29) is 18.0 Å². The van der Waals surface area contributed by atoms with Gasteiger partial charge in [-0.3, -0.25) is 10.1 Å². The maximum absolute atomic E-state index is 12.2. The van der Waals surface area contributed by atoms with Crippen LogP contribution in [0.5, 0.6) is 0 Å². The minimum absolute atomic E-state index is 0.0599. The van der Waals surface area contributed by atoms with Crippen molar-refractivity contribution in [1.29, 1.82) is 0 Å². The first kappa shape index (κ1) is 20.0. The first-order valence-electron chi connectivity index (χ1n) is 7.43. The van der Waals surface area contributed by atoms with Crippen molar-refractivity contribution in [1.82, 2.24) is 9.44 Å². The number of hydrogen-bond acceptors (Lipinski definition) is 6. The number of nitro benzene ring substituents is 1. The van der Waals surface area contributed by atoms with E-state index < -0.39 is 35.6 Å². The summed E-state index contributed by atoms with van der Waals surface area (Å²) in [4.78, 5) is 9.72. The van der Waals surface area contributed by atoms with Gasteiger partial charge in [0, 0.05) is 19.2 Å². The molecule has 0 unspecified atom stereocenters. The van der Waals surface area contributed by atoms with E-state index in [4.69, 9.17) is 0 Å². The second-order valence-electron chi connectivity index (χ2n) is 5.33. The number of nitrogens with zero attached hydrogens (tertiary/aromatic N) is 1. The van der Waals surface area contributed by atoms with Gasteiger partial charge in [0.2, 0.25) is 20.0 Å². The van der Waals surface area contributed by atoms with Crippen LogP contribution in [0.2, 0.25) is 0 Å². The first-order valence-corrected chi connectivity index (χ1v) is 10.4. The zero-order valence-corrected chi connectivity index (χ0v) is 15.4. The highest BCUT2D eigenvalue weighted by Crippen LogP contribution is 2.22. The van der Waals surface area contributed by atoms with Crippen LogP contribution < -0.4 is 9.44 Å². The van der Waals surface area contributed by atoms with Crippen LogP contribution in [0.25, 0.3) is 0 Å². The van der Waals surface area contributed by atoms with Gasteiger partial charge >= 0.3 is 0 Å². The largest absolute Gasteiger partial charge is 0.289 e. The van der Waals surface area contributed by atoms with Gasteiger partial charge in [0.05, 0.1) is 9.82 Å². The average molecular weight is 399 g/mol. The molecular formula is C15H17N3O6S2. The summed E-state index contributed by atoms with van der Waals surface area (Å²) < 4.78 is 53.0. The van der Waals surface area contributed by atoms with Crippen LogP contribution in [-0.2, 0) is 20.0 Å². The molecule has 2 rings (SSSR count). The number of sulfonamides is 2. The van der Waals surface area contributed by atoms with Crippen molar-refractivity contribution >= 4 is 25.7 Å². The smallest absolute Gasteiger partial charge is 0.258 e. The number of nitrogens with one attached hydrogen (secondary N) is 2. The zero-order chi connectivity index (χ0) is 19.4. The quantitative estimate of drug-likeness (QED) is 0.388. The van der Waals surface area contributed by atoms with Crippen molar-refractivity contribution in [2.45, 2.75) is 16.7 Å². The van der Waals surface area contributed by atoms with Gasteiger partial charge in [-0.15, -0.1) is 0 Å². The molecule has 2 aromatic carbocycles. The normalized spacial score (nSPS) is 12.0. The molecule has 9 nitrogen and oxygen atoms in total. The van der Waals surface area contributed by atoms with Crippen LogP contribution in [0.3, 0.4) is 0 Å². The van der Waals surface area contributed by atoms with Crippen LogP contribution in [-0.4, -0.2) is 34.8 Å². The average Bonchev–Trinajstić information content (AvgIpc) is 2.59. The van der Waals surface area contributed by atoms with Crippen LogP contribution in [0.15, 0.2) is 58.3 Å². The molecule has 0 saturated carbocycles. The van der Waals surface area contributed by atoms with E-state index >= 15 is 0 Å². The molecule has 0 fully saturated rings. The Kier molecular flexibility index (Phi) is 6.08. The fraction of sp³-hybridized carbons (Fsp3) is 0.200. The number of para-hydroxylation sites is 1. The minimum Gasteiger partial charge on any atom is -0.258 e. The number of hydrogen-bond donors (Lipinski definition) is 2. The second-order valence-corrected chi connectivity index (χ2v) is 8.84. The minimum atomic E-state index is -4.15. The van der Waals surface area contributed by atoms with Gasteiger partial charge in [-0.25, -0.2) is 26.3 Å². The molecule has 0 bridgehead atoms. The Bertz CT molecular complexity index is 1000. The number of nitro groups is 1. The molecule has 0 atom stereocenters. The molecule has 2 aromatic rings. The summed E-state index contributed by atoms with van der Waals surface area (Å²) in [5.41, 5.74) is 0.349. The lowest BCUT2D eigenvalue weighted by Gasteiger charge is -2.09. The Hall–Kier alpha value is -2.34. The number of aryl methyl sites for hydroxylation is 1. The fourth-order valence-corrected chi connectivity index (χ4v) is 4.32. The van der Waals surface area contributed by atoms with Crippen molar-refractivity contribution < 1.29 is 21.8 Å². The van der Waals surface area contributed by atoms with E-state index in [1.54, 1.807) is 12.1 Å². The molecule has 0 radical (unpaired) electrons. The molecule has 11 heteroatoms. The molecule has 0 aromatic heterocycles. The van der Waals surface area contributed by atoms with Gasteiger partial charge in [0.15, 0.2) is 4.90 Å². The van der Waals surface area contributed by atoms with E-state index in [0.29, 0.717) is 0 Å². The number of benzene rings is 2. The molecule has 0 amide bonds. The van der Waals surface area contributed by atoms with Gasteiger partial charge in [0.1, 0.15) is 0 Å². The van der Waals surface area contributed by atoms with Crippen LogP contribution in [0.4, 0.5) is 5.69 Å². The topological polar surface area (TPSA) is 135 Å². The predicted molar refractivity (Wildman–Crippen MR) is 94.7 cm³/mol. The van der Waals surface area contributed by atoms with Gasteiger partial charge in [-0.2, -0.15) is 0 Å². The molecule has 0 aliphatic carbocycles. The highest BCUT2D eigenvalue weighted by Gasteiger charge is 2.24. The Morgan fingerprint density at radius 2 is 1.42 bits per heavy atom. The number of rotatable bonds is 8. The first-order chi connectivity index (χ1) is 12.1. The molecule has 0 spiro atoms. The van der Waals surface area contributed by atoms with E-state index in [9.17, 15) is 26.9 Å². The van der Waals surface area contributed by atoms with E-state index in [2.05, 4.69) is 9.44 Å². The Morgan fingerprint density at radius 1 is 0.885 bits per heavy atom. The van der Waals surface area contributed by atoms with E-state index in [0.717, 1.165) is 17.7 Å². The Morgan fingerprint density at radius 3 is 2.00 bits per heavy atom. The van der Waals surface area contributed by atoms with Crippen molar-refractivity contribution in [2.75, 3.05) is 13.1 Å². The zero-order valence-electron chi connectivity index (χ0n) is 13.7. The lowest BCUT2D eigenvalue weighted by atomic mass is 10.2. The van der Waals surface area contributed by atoms with Crippen molar-refractivity contribution in [3.63, 3.8) is 0 Å². The summed E-state index contributed by atoms with van der Waals surface area (Å²) in [5.74, 6) is 0. The summed E-state index contributed by atoms with van der Waals surface area (Å²) in [6, 6.07) is 11.1. The van der Waals surface area contributed by atoms with Gasteiger partial charge in [-0.05, 0) is 25.1 Å². The van der Waals surface area contributed by atoms with E-state index in [1.807, 2.05) is 6.92 Å². The fourth-order valence-electron chi connectivity index (χ4n) is 2.08. The predicted octanol–water partition coefficient (Wildman–Crippen LogP) is 1.16. The summed E-state index contributed by atoms with van der Waals surface area (Å²) in [5, 5.41) is 10.9. The Labute approximate surface area is 151 Å². The van der Waals surface area contributed by atoms with Crippen molar-refractivity contribution in [3.05, 3.63) is 64.2 Å². The second kappa shape index (κ2) is 7.91. The van der Waals surface area contributed by atoms with Gasteiger partial charge < -0.3 is 0 Å². The summed E-state index contributed by atoms with van der Waals surface area (Å²) >= 11 is 0. The highest BCUT2D eigenvalue weighted by atomic mass is 32.2. The molecule has 26 heavy (non-hydrogen) atoms. The monoisotopic (exact) mass is 399 g/mol. The third-order valence-corrected chi connectivity index (χ3v) is 6.38. The highest BCUT2D eigenvalue weighted by molar-refractivity contribution is 7.90. The molecule has 0 aliphatic heterocycles. The molecular weight excluding hydrogens is 382 g/mol. The van der Waals surface area contributed by atoms with Gasteiger partial charge in [-0.1, -0.05) is 29.8 Å². The van der Waals surface area contributed by atoms with Crippen LogP contribution in [0.1, 0.15) is 5.56 Å². The third-order valence-electron chi connectivity index (χ3n) is 3.39. The van der Waals surface area contributed by atoms with E-state index in [1.165, 1.54) is 24.3 Å². The summed E-state index contributed by atoms with van der Waals surface area (Å²) in [7, 11) is -7.92. The third kappa shape index (κ3) is 4.85. The molecule has 0 aliphatic rings. The standard InChI is InChI=1S/C15H17N3O6S2/c1-12-6-8-13(9-7-12)25(21,22)16-10-11-17-26(23,24)15-5-3-2-4-14(15)18(19)20/h2-9,16-17H,10-11H2,1H3. The van der Waals surface area contributed by atoms with Crippen molar-refractivity contribution in [3.8, 4) is 0 Å². The van der Waals surface area contributed by atoms with Crippen LogP contribution in [0, 0.1) is 17.0 Å². The molecule has 0 heterocycles. The van der Waals surface area contributed by atoms with Crippen molar-refractivity contribution in [2.24, 2.45) is 0 Å². The lowest BCUT2D eigenvalue weighted by molar-refractivity contribution is -0.387. The summed E-state index contributed by atoms with van der Waals surface area (Å²) in [6.45, 7) is 1.34.